The van der Waals surface area contributed by atoms with Gasteiger partial charge in [-0.15, -0.1) is 0 Å². The Kier molecular flexibility index (Phi) is 5.36. The zero-order valence-electron chi connectivity index (χ0n) is 13.7. The fourth-order valence-corrected chi connectivity index (χ4v) is 2.26. The predicted molar refractivity (Wildman–Crippen MR) is 90.8 cm³/mol. The summed E-state index contributed by atoms with van der Waals surface area (Å²) in [6.45, 7) is 0.799. The fourth-order valence-electron chi connectivity index (χ4n) is 2.26. The van der Waals surface area contributed by atoms with Crippen LogP contribution in [-0.2, 0) is 4.74 Å². The first-order chi connectivity index (χ1) is 12.3. The molecule has 25 heavy (non-hydrogen) atoms. The Morgan fingerprint density at radius 3 is 2.64 bits per heavy atom. The molecule has 1 N–H and O–H groups in total. The molecule has 1 fully saturated rings. The van der Waals surface area contributed by atoms with Gasteiger partial charge in [-0.2, -0.15) is 0 Å². The molecular weight excluding hydrogens is 324 g/mol. The first-order valence-electron chi connectivity index (χ1n) is 7.76. The first-order valence-corrected chi connectivity index (χ1v) is 7.76. The van der Waals surface area contributed by atoms with Gasteiger partial charge in [-0.1, -0.05) is 29.4 Å². The smallest absolute Gasteiger partial charge is 0.407 e. The van der Waals surface area contributed by atoms with Crippen molar-refractivity contribution in [2.75, 3.05) is 20.3 Å². The Hall–Kier alpha value is -3.22. The van der Waals surface area contributed by atoms with E-state index in [9.17, 15) is 4.79 Å². The summed E-state index contributed by atoms with van der Waals surface area (Å²) < 4.78 is 20.5. The number of nitrogens with one attached hydrogen (secondary N) is 1. The summed E-state index contributed by atoms with van der Waals surface area (Å²) in [5.74, 6) is 1.31. The number of hydrogen-bond acceptors (Lipinski definition) is 6. The fraction of sp³-hybridized carbons (Fsp3) is 0.222. The van der Waals surface area contributed by atoms with Crippen molar-refractivity contribution in [1.82, 2.24) is 10.5 Å². The SMILES string of the molecule is COc1ccccc1OCC1CNC(=O)O1.c1ccc2oncc2c1. The Bertz CT molecular complexity index is 803. The molecule has 0 spiro atoms. The molecule has 2 heterocycles. The number of para-hydroxylation sites is 3. The van der Waals surface area contributed by atoms with Gasteiger partial charge >= 0.3 is 6.09 Å². The second kappa shape index (κ2) is 8.05. The number of rotatable bonds is 4. The summed E-state index contributed by atoms with van der Waals surface area (Å²) in [4.78, 5) is 10.8. The van der Waals surface area contributed by atoms with Crippen molar-refractivity contribution in [3.63, 3.8) is 0 Å². The van der Waals surface area contributed by atoms with Gasteiger partial charge in [0.05, 0.1) is 19.9 Å². The van der Waals surface area contributed by atoms with Crippen molar-refractivity contribution in [3.8, 4) is 11.5 Å². The van der Waals surface area contributed by atoms with Gasteiger partial charge in [0, 0.05) is 5.39 Å². The van der Waals surface area contributed by atoms with Crippen LogP contribution in [0.5, 0.6) is 11.5 Å². The van der Waals surface area contributed by atoms with Gasteiger partial charge in [0.1, 0.15) is 6.61 Å². The van der Waals surface area contributed by atoms with Crippen LogP contribution in [0.3, 0.4) is 0 Å². The summed E-state index contributed by atoms with van der Waals surface area (Å²) in [5, 5.41) is 7.24. The lowest BCUT2D eigenvalue weighted by Crippen LogP contribution is -2.22. The number of carbonyl (C=O) groups excluding carboxylic acids is 1. The third kappa shape index (κ3) is 4.41. The molecule has 4 rings (SSSR count). The van der Waals surface area contributed by atoms with E-state index in [0.717, 1.165) is 11.0 Å². The summed E-state index contributed by atoms with van der Waals surface area (Å²) in [5.41, 5.74) is 0.845. The molecule has 7 nitrogen and oxygen atoms in total. The van der Waals surface area contributed by atoms with Gasteiger partial charge < -0.3 is 24.1 Å². The van der Waals surface area contributed by atoms with Crippen LogP contribution >= 0.6 is 0 Å². The predicted octanol–water partition coefficient (Wildman–Crippen LogP) is 3.01. The van der Waals surface area contributed by atoms with Gasteiger partial charge in [-0.3, -0.25) is 0 Å². The van der Waals surface area contributed by atoms with Gasteiger partial charge in [-0.05, 0) is 24.3 Å². The van der Waals surface area contributed by atoms with E-state index in [-0.39, 0.29) is 6.10 Å². The van der Waals surface area contributed by atoms with E-state index < -0.39 is 6.09 Å². The summed E-state index contributed by atoms with van der Waals surface area (Å²) in [6, 6.07) is 15.1. The third-order valence-corrected chi connectivity index (χ3v) is 3.50. The quantitative estimate of drug-likeness (QED) is 0.785. The van der Waals surface area contributed by atoms with Crippen LogP contribution in [0.1, 0.15) is 0 Å². The van der Waals surface area contributed by atoms with E-state index >= 15 is 0 Å². The van der Waals surface area contributed by atoms with E-state index in [1.54, 1.807) is 13.3 Å². The number of ether oxygens (including phenoxy) is 3. The van der Waals surface area contributed by atoms with Crippen LogP contribution < -0.4 is 14.8 Å². The minimum Gasteiger partial charge on any atom is -0.493 e. The molecule has 1 amide bonds. The third-order valence-electron chi connectivity index (χ3n) is 3.50. The second-order valence-electron chi connectivity index (χ2n) is 5.23. The number of amides is 1. The van der Waals surface area contributed by atoms with E-state index in [1.807, 2.05) is 48.5 Å². The molecule has 1 aliphatic rings. The maximum absolute atomic E-state index is 10.8. The summed E-state index contributed by atoms with van der Waals surface area (Å²) >= 11 is 0. The van der Waals surface area contributed by atoms with Gasteiger partial charge in [0.2, 0.25) is 0 Å². The van der Waals surface area contributed by atoms with Crippen molar-refractivity contribution >= 4 is 17.1 Å². The highest BCUT2D eigenvalue weighted by molar-refractivity contribution is 5.75. The van der Waals surface area contributed by atoms with Crippen LogP contribution in [-0.4, -0.2) is 37.6 Å². The molecule has 0 aliphatic carbocycles. The molecule has 0 saturated carbocycles. The van der Waals surface area contributed by atoms with Crippen molar-refractivity contribution in [2.24, 2.45) is 0 Å². The molecule has 130 valence electrons. The molecule has 0 radical (unpaired) electrons. The van der Waals surface area contributed by atoms with Crippen molar-refractivity contribution < 1.29 is 23.5 Å². The summed E-state index contributed by atoms with van der Waals surface area (Å²) in [6.07, 6.45) is 1.07. The molecule has 3 aromatic rings. The monoisotopic (exact) mass is 342 g/mol. The molecule has 1 aliphatic heterocycles. The standard InChI is InChI=1S/C11H13NO4.C7H5NO/c1-14-9-4-2-3-5-10(9)15-7-8-6-12-11(13)16-8;1-2-4-7-6(3-1)5-8-9-7/h2-5,8H,6-7H2,1H3,(H,12,13);1-5H. The molecule has 0 bridgehead atoms. The minimum absolute atomic E-state index is 0.239. The number of benzene rings is 2. The molecule has 1 saturated heterocycles. The Morgan fingerprint density at radius 1 is 1.16 bits per heavy atom. The number of aromatic nitrogens is 1. The van der Waals surface area contributed by atoms with E-state index in [1.165, 1.54) is 0 Å². The van der Waals surface area contributed by atoms with Crippen LogP contribution in [0.2, 0.25) is 0 Å². The van der Waals surface area contributed by atoms with Crippen LogP contribution in [0.15, 0.2) is 59.3 Å². The van der Waals surface area contributed by atoms with E-state index in [2.05, 4.69) is 10.5 Å². The molecule has 2 aromatic carbocycles. The molecule has 1 atom stereocenters. The van der Waals surface area contributed by atoms with Crippen molar-refractivity contribution in [1.29, 1.82) is 0 Å². The zero-order valence-corrected chi connectivity index (χ0v) is 13.7. The largest absolute Gasteiger partial charge is 0.493 e. The maximum atomic E-state index is 10.8. The number of hydrogen-bond donors (Lipinski definition) is 1. The number of cyclic esters (lactones) is 1. The van der Waals surface area contributed by atoms with Crippen LogP contribution in [0.4, 0.5) is 4.79 Å². The normalized spacial score (nSPS) is 15.7. The van der Waals surface area contributed by atoms with Crippen molar-refractivity contribution in [2.45, 2.75) is 6.10 Å². The highest BCUT2D eigenvalue weighted by atomic mass is 16.6. The highest BCUT2D eigenvalue weighted by Gasteiger charge is 2.23. The molecule has 1 unspecified atom stereocenters. The Balaban J connectivity index is 0.000000170. The lowest BCUT2D eigenvalue weighted by atomic mass is 10.3. The van der Waals surface area contributed by atoms with E-state index in [4.69, 9.17) is 18.7 Å². The number of fused-ring (bicyclic) bond motifs is 1. The molecule has 7 heteroatoms. The average molecular weight is 342 g/mol. The topological polar surface area (TPSA) is 82.8 Å². The van der Waals surface area contributed by atoms with Gasteiger partial charge in [0.25, 0.3) is 0 Å². The highest BCUT2D eigenvalue weighted by Crippen LogP contribution is 2.26. The molecular formula is C18H18N2O5. The zero-order chi connectivity index (χ0) is 17.5. The molecule has 1 aromatic heterocycles. The first kappa shape index (κ1) is 16.6. The lowest BCUT2D eigenvalue weighted by molar-refractivity contribution is 0.103. The van der Waals surface area contributed by atoms with Crippen LogP contribution in [0, 0.1) is 0 Å². The van der Waals surface area contributed by atoms with E-state index in [0.29, 0.717) is 24.7 Å². The maximum Gasteiger partial charge on any atom is 0.407 e. The Labute approximate surface area is 144 Å². The van der Waals surface area contributed by atoms with Crippen molar-refractivity contribution in [3.05, 3.63) is 54.7 Å². The number of alkyl carbamates (subject to hydrolysis) is 1. The average Bonchev–Trinajstić information content (AvgIpc) is 3.29. The number of nitrogens with zero attached hydrogens (tertiary/aromatic N) is 1. The summed E-state index contributed by atoms with van der Waals surface area (Å²) in [7, 11) is 1.58. The van der Waals surface area contributed by atoms with Gasteiger partial charge in [-0.25, -0.2) is 4.79 Å². The lowest BCUT2D eigenvalue weighted by Gasteiger charge is -2.12. The second-order valence-corrected chi connectivity index (χ2v) is 5.23. The van der Waals surface area contributed by atoms with Crippen LogP contribution in [0.25, 0.3) is 11.0 Å². The Morgan fingerprint density at radius 2 is 1.92 bits per heavy atom. The van der Waals surface area contributed by atoms with Gasteiger partial charge in [0.15, 0.2) is 23.2 Å². The number of carbonyl (C=O) groups is 1. The minimum atomic E-state index is -0.395. The number of methoxy groups -OCH3 is 1.